The van der Waals surface area contributed by atoms with Crippen LogP contribution in [0.2, 0.25) is 0 Å². The first-order valence-corrected chi connectivity index (χ1v) is 6.07. The lowest BCUT2D eigenvalue weighted by atomic mass is 10.1. The highest BCUT2D eigenvalue weighted by Crippen LogP contribution is 2.19. The summed E-state index contributed by atoms with van der Waals surface area (Å²) < 4.78 is 0. The lowest BCUT2D eigenvalue weighted by molar-refractivity contribution is -0.119. The Hall–Kier alpha value is -0.650. The Morgan fingerprint density at radius 3 is 3.12 bits per heavy atom. The monoisotopic (exact) mass is 261 g/mol. The molecule has 1 aromatic rings. The summed E-state index contributed by atoms with van der Waals surface area (Å²) in [6.45, 7) is 3.81. The Bertz CT molecular complexity index is 350. The summed E-state index contributed by atoms with van der Waals surface area (Å²) in [4.78, 5) is 17.1. The number of hydrogen-bond acceptors (Lipinski definition) is 4. The van der Waals surface area contributed by atoms with Crippen molar-refractivity contribution in [3.8, 4) is 0 Å². The van der Waals surface area contributed by atoms with E-state index in [1.807, 2.05) is 6.20 Å². The van der Waals surface area contributed by atoms with Crippen LogP contribution in [0.4, 0.5) is 5.13 Å². The molecule has 1 saturated heterocycles. The Labute approximate surface area is 105 Å². The molecule has 1 aliphatic rings. The van der Waals surface area contributed by atoms with E-state index in [4.69, 9.17) is 0 Å². The molecule has 4 nitrogen and oxygen atoms in total. The molecule has 1 fully saturated rings. The number of thiazole rings is 1. The van der Waals surface area contributed by atoms with Crippen LogP contribution in [-0.2, 0) is 11.2 Å². The minimum atomic E-state index is 0. The highest BCUT2D eigenvalue weighted by molar-refractivity contribution is 7.15. The van der Waals surface area contributed by atoms with Crippen LogP contribution in [0.25, 0.3) is 0 Å². The van der Waals surface area contributed by atoms with Crippen molar-refractivity contribution in [2.24, 2.45) is 5.92 Å². The topological polar surface area (TPSA) is 54.0 Å². The fraction of sp³-hybridized carbons (Fsp3) is 0.600. The molecule has 1 aromatic heterocycles. The average Bonchev–Trinajstić information content (AvgIpc) is 2.87. The van der Waals surface area contributed by atoms with Crippen LogP contribution in [0, 0.1) is 5.92 Å². The maximum absolute atomic E-state index is 11.7. The van der Waals surface area contributed by atoms with Gasteiger partial charge in [-0.2, -0.15) is 0 Å². The molecular formula is C10H16ClN3OS. The molecule has 0 unspecified atom stereocenters. The van der Waals surface area contributed by atoms with E-state index in [1.54, 1.807) is 11.3 Å². The van der Waals surface area contributed by atoms with Crippen molar-refractivity contribution in [3.63, 3.8) is 0 Å². The number of carbonyl (C=O) groups is 1. The first-order valence-electron chi connectivity index (χ1n) is 5.26. The quantitative estimate of drug-likeness (QED) is 0.870. The first-order chi connectivity index (χ1) is 7.29. The molecule has 90 valence electrons. The lowest BCUT2D eigenvalue weighted by Gasteiger charge is -2.06. The van der Waals surface area contributed by atoms with Gasteiger partial charge in [-0.3, -0.25) is 4.79 Å². The van der Waals surface area contributed by atoms with Crippen molar-refractivity contribution in [1.82, 2.24) is 10.3 Å². The van der Waals surface area contributed by atoms with E-state index in [0.717, 1.165) is 31.1 Å². The second-order valence-electron chi connectivity index (χ2n) is 3.66. The molecule has 1 atom stereocenters. The van der Waals surface area contributed by atoms with Gasteiger partial charge in [-0.05, 0) is 19.4 Å². The van der Waals surface area contributed by atoms with Gasteiger partial charge >= 0.3 is 0 Å². The van der Waals surface area contributed by atoms with E-state index in [9.17, 15) is 4.79 Å². The minimum absolute atomic E-state index is 0. The molecule has 0 radical (unpaired) electrons. The summed E-state index contributed by atoms with van der Waals surface area (Å²) in [5, 5.41) is 6.77. The zero-order valence-corrected chi connectivity index (χ0v) is 10.8. The zero-order chi connectivity index (χ0) is 10.7. The van der Waals surface area contributed by atoms with E-state index in [2.05, 4.69) is 22.5 Å². The van der Waals surface area contributed by atoms with Crippen LogP contribution in [0.15, 0.2) is 6.20 Å². The fourth-order valence-corrected chi connectivity index (χ4v) is 2.37. The standard InChI is InChI=1S/C10H15N3OS.ClH/c1-2-8-6-12-10(15-8)13-9(14)7-3-4-11-5-7;/h6-7,11H,2-5H2,1H3,(H,12,13,14);1H/t7-;/m0./s1. The van der Waals surface area contributed by atoms with Crippen molar-refractivity contribution in [2.75, 3.05) is 18.4 Å². The van der Waals surface area contributed by atoms with Crippen LogP contribution in [-0.4, -0.2) is 24.0 Å². The second kappa shape index (κ2) is 6.18. The largest absolute Gasteiger partial charge is 0.316 e. The summed E-state index contributed by atoms with van der Waals surface area (Å²) in [5.74, 6) is 0.205. The van der Waals surface area contributed by atoms with Crippen molar-refractivity contribution in [3.05, 3.63) is 11.1 Å². The number of hydrogen-bond donors (Lipinski definition) is 2. The summed E-state index contributed by atoms with van der Waals surface area (Å²) in [6.07, 6.45) is 3.73. The van der Waals surface area contributed by atoms with E-state index in [0.29, 0.717) is 0 Å². The van der Waals surface area contributed by atoms with E-state index >= 15 is 0 Å². The van der Waals surface area contributed by atoms with Gasteiger partial charge in [0.1, 0.15) is 0 Å². The van der Waals surface area contributed by atoms with Gasteiger partial charge in [0.25, 0.3) is 0 Å². The number of halogens is 1. The molecule has 16 heavy (non-hydrogen) atoms. The maximum Gasteiger partial charge on any atom is 0.230 e. The Morgan fingerprint density at radius 1 is 1.75 bits per heavy atom. The predicted octanol–water partition coefficient (Wildman–Crippen LogP) is 1.68. The van der Waals surface area contributed by atoms with Gasteiger partial charge in [-0.15, -0.1) is 23.7 Å². The van der Waals surface area contributed by atoms with Crippen molar-refractivity contribution in [2.45, 2.75) is 19.8 Å². The van der Waals surface area contributed by atoms with Gasteiger partial charge in [-0.1, -0.05) is 6.92 Å². The number of nitrogens with zero attached hydrogens (tertiary/aromatic N) is 1. The molecule has 2 N–H and O–H groups in total. The predicted molar refractivity (Wildman–Crippen MR) is 68.3 cm³/mol. The number of rotatable bonds is 3. The van der Waals surface area contributed by atoms with Gasteiger partial charge in [0.15, 0.2) is 5.13 Å². The third-order valence-electron chi connectivity index (χ3n) is 2.56. The Balaban J connectivity index is 0.00000128. The van der Waals surface area contributed by atoms with Crippen LogP contribution < -0.4 is 10.6 Å². The number of aryl methyl sites for hydroxylation is 1. The number of amides is 1. The van der Waals surface area contributed by atoms with Crippen LogP contribution in [0.1, 0.15) is 18.2 Å². The van der Waals surface area contributed by atoms with Crippen LogP contribution in [0.3, 0.4) is 0 Å². The van der Waals surface area contributed by atoms with Crippen molar-refractivity contribution >= 4 is 34.8 Å². The summed E-state index contributed by atoms with van der Waals surface area (Å²) in [5.41, 5.74) is 0. The van der Waals surface area contributed by atoms with Crippen molar-refractivity contribution in [1.29, 1.82) is 0 Å². The average molecular weight is 262 g/mol. The van der Waals surface area contributed by atoms with Crippen LogP contribution in [0.5, 0.6) is 0 Å². The van der Waals surface area contributed by atoms with Gasteiger partial charge in [0.05, 0.1) is 5.92 Å². The maximum atomic E-state index is 11.7. The van der Waals surface area contributed by atoms with Gasteiger partial charge in [0, 0.05) is 17.6 Å². The molecule has 0 aromatic carbocycles. The summed E-state index contributed by atoms with van der Waals surface area (Å²) in [6, 6.07) is 0. The third kappa shape index (κ3) is 3.17. The van der Waals surface area contributed by atoms with Gasteiger partial charge in [0.2, 0.25) is 5.91 Å². The molecule has 0 saturated carbocycles. The van der Waals surface area contributed by atoms with E-state index in [-0.39, 0.29) is 24.2 Å². The molecular weight excluding hydrogens is 246 g/mol. The molecule has 1 aliphatic heterocycles. The molecule has 0 bridgehead atoms. The molecule has 2 rings (SSSR count). The van der Waals surface area contributed by atoms with Crippen molar-refractivity contribution < 1.29 is 4.79 Å². The third-order valence-corrected chi connectivity index (χ3v) is 3.62. The van der Waals surface area contributed by atoms with Gasteiger partial charge in [-0.25, -0.2) is 4.98 Å². The fourth-order valence-electron chi connectivity index (χ4n) is 1.61. The molecule has 1 amide bonds. The number of aromatic nitrogens is 1. The number of carbonyl (C=O) groups excluding carboxylic acids is 1. The molecule has 6 heteroatoms. The van der Waals surface area contributed by atoms with Gasteiger partial charge < -0.3 is 10.6 Å². The lowest BCUT2D eigenvalue weighted by Crippen LogP contribution is -2.24. The Morgan fingerprint density at radius 2 is 2.56 bits per heavy atom. The van der Waals surface area contributed by atoms with E-state index in [1.165, 1.54) is 4.88 Å². The summed E-state index contributed by atoms with van der Waals surface area (Å²) >= 11 is 1.56. The van der Waals surface area contributed by atoms with E-state index < -0.39 is 0 Å². The second-order valence-corrected chi connectivity index (χ2v) is 4.78. The SMILES string of the molecule is CCc1cnc(NC(=O)[C@H]2CCNC2)s1.Cl. The van der Waals surface area contributed by atoms with Crippen LogP contribution >= 0.6 is 23.7 Å². The number of nitrogens with one attached hydrogen (secondary N) is 2. The minimum Gasteiger partial charge on any atom is -0.316 e. The molecule has 0 aliphatic carbocycles. The first kappa shape index (κ1) is 13.4. The highest BCUT2D eigenvalue weighted by Gasteiger charge is 2.22. The number of anilines is 1. The zero-order valence-electron chi connectivity index (χ0n) is 9.16. The molecule has 2 heterocycles. The smallest absolute Gasteiger partial charge is 0.230 e. The normalized spacial score (nSPS) is 19.2. The molecule has 0 spiro atoms. The Kier molecular flexibility index (Phi) is 5.18. The highest BCUT2D eigenvalue weighted by atomic mass is 35.5. The summed E-state index contributed by atoms with van der Waals surface area (Å²) in [7, 11) is 0.